The molecule has 2 fully saturated rings. The molecule has 0 bridgehead atoms. The maximum Gasteiger partial charge on any atom is 0.251 e. The van der Waals surface area contributed by atoms with E-state index in [-0.39, 0.29) is 50.2 Å². The third-order valence-electron chi connectivity index (χ3n) is 5.36. The molecule has 1 unspecified atom stereocenters. The van der Waals surface area contributed by atoms with Crippen molar-refractivity contribution in [3.8, 4) is 0 Å². The second-order valence-electron chi connectivity index (χ2n) is 7.67. The van der Waals surface area contributed by atoms with Gasteiger partial charge in [-0.25, -0.2) is 8.78 Å². The van der Waals surface area contributed by atoms with E-state index >= 15 is 0 Å². The predicted molar refractivity (Wildman–Crippen MR) is 99.7 cm³/mol. The van der Waals surface area contributed by atoms with Crippen LogP contribution in [0.5, 0.6) is 0 Å². The van der Waals surface area contributed by atoms with E-state index in [2.05, 4.69) is 5.32 Å². The number of halogens is 2. The molecule has 1 aromatic carbocycles. The Morgan fingerprint density at radius 3 is 2.48 bits per heavy atom. The SMILES string of the molecule is Cc1ccc(NC(=O)CN2CCCC(C(=O)N3CCC(F)(F)CC3)C2)cc1. The van der Waals surface area contributed by atoms with Crippen LogP contribution in [-0.2, 0) is 9.59 Å². The van der Waals surface area contributed by atoms with Crippen LogP contribution in [0.15, 0.2) is 24.3 Å². The third kappa shape index (κ3) is 5.48. The zero-order valence-electron chi connectivity index (χ0n) is 15.7. The summed E-state index contributed by atoms with van der Waals surface area (Å²) in [5, 5.41) is 2.87. The van der Waals surface area contributed by atoms with Crippen molar-refractivity contribution in [3.05, 3.63) is 29.8 Å². The number of aryl methyl sites for hydroxylation is 1. The van der Waals surface area contributed by atoms with Crippen LogP contribution < -0.4 is 5.32 Å². The lowest BCUT2D eigenvalue weighted by Crippen LogP contribution is -2.49. The molecule has 0 radical (unpaired) electrons. The normalized spacial score (nSPS) is 23.1. The number of piperidine rings is 2. The van der Waals surface area contributed by atoms with Crippen molar-refractivity contribution in [2.45, 2.75) is 38.5 Å². The Morgan fingerprint density at radius 1 is 1.15 bits per heavy atom. The Hall–Kier alpha value is -2.02. The van der Waals surface area contributed by atoms with Gasteiger partial charge in [0.1, 0.15) is 0 Å². The van der Waals surface area contributed by atoms with Crippen molar-refractivity contribution < 1.29 is 18.4 Å². The van der Waals surface area contributed by atoms with Gasteiger partial charge in [-0.1, -0.05) is 17.7 Å². The lowest BCUT2D eigenvalue weighted by Gasteiger charge is -2.37. The number of amides is 2. The minimum atomic E-state index is -2.65. The number of nitrogens with one attached hydrogen (secondary N) is 1. The van der Waals surface area contributed by atoms with Gasteiger partial charge >= 0.3 is 0 Å². The molecule has 2 aliphatic rings. The van der Waals surface area contributed by atoms with E-state index in [1.165, 1.54) is 0 Å². The van der Waals surface area contributed by atoms with Crippen LogP contribution in [0.2, 0.25) is 0 Å². The third-order valence-corrected chi connectivity index (χ3v) is 5.36. The summed E-state index contributed by atoms with van der Waals surface area (Å²) in [4.78, 5) is 28.5. The van der Waals surface area contributed by atoms with Gasteiger partial charge in [0.25, 0.3) is 5.92 Å². The van der Waals surface area contributed by atoms with Gasteiger partial charge < -0.3 is 10.2 Å². The summed E-state index contributed by atoms with van der Waals surface area (Å²) in [6.45, 7) is 3.73. The average molecular weight is 379 g/mol. The van der Waals surface area contributed by atoms with Crippen LogP contribution in [-0.4, -0.2) is 60.3 Å². The Labute approximate surface area is 158 Å². The fraction of sp³-hybridized carbons (Fsp3) is 0.600. The number of anilines is 1. The molecule has 1 N–H and O–H groups in total. The number of nitrogens with zero attached hydrogens (tertiary/aromatic N) is 2. The second-order valence-corrected chi connectivity index (χ2v) is 7.67. The molecule has 3 rings (SSSR count). The van der Waals surface area contributed by atoms with Crippen molar-refractivity contribution in [1.29, 1.82) is 0 Å². The highest BCUT2D eigenvalue weighted by atomic mass is 19.3. The Kier molecular flexibility index (Phi) is 6.09. The number of hydrogen-bond donors (Lipinski definition) is 1. The second kappa shape index (κ2) is 8.33. The van der Waals surface area contributed by atoms with E-state index in [1.54, 1.807) is 4.90 Å². The number of rotatable bonds is 4. The average Bonchev–Trinajstić information content (AvgIpc) is 2.63. The Bertz CT molecular complexity index is 668. The molecule has 27 heavy (non-hydrogen) atoms. The molecule has 2 aliphatic heterocycles. The predicted octanol–water partition coefficient (Wildman–Crippen LogP) is 2.90. The summed E-state index contributed by atoms with van der Waals surface area (Å²) in [6, 6.07) is 7.60. The molecule has 1 aromatic rings. The highest BCUT2D eigenvalue weighted by molar-refractivity contribution is 5.92. The molecule has 2 heterocycles. The van der Waals surface area contributed by atoms with E-state index in [0.717, 1.165) is 30.6 Å². The van der Waals surface area contributed by atoms with E-state index in [0.29, 0.717) is 6.54 Å². The summed E-state index contributed by atoms with van der Waals surface area (Å²) in [6.07, 6.45) is 1.07. The Balaban J connectivity index is 1.49. The van der Waals surface area contributed by atoms with Gasteiger partial charge in [-0.3, -0.25) is 14.5 Å². The van der Waals surface area contributed by atoms with Crippen molar-refractivity contribution in [2.75, 3.05) is 38.0 Å². The first-order valence-electron chi connectivity index (χ1n) is 9.58. The number of likely N-dealkylation sites (tertiary alicyclic amines) is 2. The summed E-state index contributed by atoms with van der Waals surface area (Å²) < 4.78 is 26.6. The smallest absolute Gasteiger partial charge is 0.251 e. The fourth-order valence-electron chi connectivity index (χ4n) is 3.75. The number of hydrogen-bond acceptors (Lipinski definition) is 3. The van der Waals surface area contributed by atoms with Crippen LogP contribution in [0, 0.1) is 12.8 Å². The van der Waals surface area contributed by atoms with Gasteiger partial charge in [-0.05, 0) is 38.4 Å². The van der Waals surface area contributed by atoms with Crippen LogP contribution in [0.4, 0.5) is 14.5 Å². The maximum absolute atomic E-state index is 13.3. The van der Waals surface area contributed by atoms with Crippen molar-refractivity contribution >= 4 is 17.5 Å². The topological polar surface area (TPSA) is 52.7 Å². The zero-order chi connectivity index (χ0) is 19.4. The largest absolute Gasteiger partial charge is 0.342 e. The first-order valence-corrected chi connectivity index (χ1v) is 9.58. The van der Waals surface area contributed by atoms with Crippen LogP contribution in [0.25, 0.3) is 0 Å². The number of carbonyl (C=O) groups is 2. The number of carbonyl (C=O) groups excluding carboxylic acids is 2. The quantitative estimate of drug-likeness (QED) is 0.875. The molecule has 0 saturated carbocycles. The summed E-state index contributed by atoms with van der Waals surface area (Å²) in [5.74, 6) is -3.01. The minimum Gasteiger partial charge on any atom is -0.342 e. The molecule has 0 aliphatic carbocycles. The molecular weight excluding hydrogens is 352 g/mol. The van der Waals surface area contributed by atoms with Gasteiger partial charge in [-0.15, -0.1) is 0 Å². The van der Waals surface area contributed by atoms with Crippen LogP contribution >= 0.6 is 0 Å². The first kappa shape index (κ1) is 19.7. The minimum absolute atomic E-state index is 0.0471. The molecule has 2 amide bonds. The summed E-state index contributed by atoms with van der Waals surface area (Å²) >= 11 is 0. The van der Waals surface area contributed by atoms with E-state index in [1.807, 2.05) is 36.1 Å². The summed E-state index contributed by atoms with van der Waals surface area (Å²) in [7, 11) is 0. The van der Waals surface area contributed by atoms with Crippen molar-refractivity contribution in [1.82, 2.24) is 9.80 Å². The van der Waals surface area contributed by atoms with E-state index in [9.17, 15) is 18.4 Å². The van der Waals surface area contributed by atoms with E-state index in [4.69, 9.17) is 0 Å². The number of alkyl halides is 2. The maximum atomic E-state index is 13.3. The van der Waals surface area contributed by atoms with Gasteiger partial charge in [0, 0.05) is 38.2 Å². The molecule has 0 aromatic heterocycles. The molecule has 148 valence electrons. The lowest BCUT2D eigenvalue weighted by molar-refractivity contribution is -0.143. The first-order chi connectivity index (χ1) is 12.8. The Morgan fingerprint density at radius 2 is 1.81 bits per heavy atom. The van der Waals surface area contributed by atoms with Gasteiger partial charge in [0.2, 0.25) is 11.8 Å². The molecule has 5 nitrogen and oxygen atoms in total. The monoisotopic (exact) mass is 379 g/mol. The van der Waals surface area contributed by atoms with E-state index < -0.39 is 5.92 Å². The lowest BCUT2D eigenvalue weighted by atomic mass is 9.95. The molecular formula is C20H27F2N3O2. The van der Waals surface area contributed by atoms with Crippen LogP contribution in [0.1, 0.15) is 31.2 Å². The van der Waals surface area contributed by atoms with Crippen molar-refractivity contribution in [2.24, 2.45) is 5.92 Å². The highest BCUT2D eigenvalue weighted by Crippen LogP contribution is 2.29. The number of benzene rings is 1. The van der Waals surface area contributed by atoms with Crippen molar-refractivity contribution in [3.63, 3.8) is 0 Å². The summed E-state index contributed by atoms with van der Waals surface area (Å²) in [5.41, 5.74) is 1.88. The standard InChI is InChI=1S/C20H27F2N3O2/c1-15-4-6-17(7-5-15)23-18(26)14-24-10-2-3-16(13-24)19(27)25-11-8-20(21,22)9-12-25/h4-7,16H,2-3,8-14H2,1H3,(H,23,26). The van der Waals surface area contributed by atoms with Gasteiger partial charge in [-0.2, -0.15) is 0 Å². The highest BCUT2D eigenvalue weighted by Gasteiger charge is 2.38. The zero-order valence-corrected chi connectivity index (χ0v) is 15.7. The molecule has 1 atom stereocenters. The van der Waals surface area contributed by atoms with Gasteiger partial charge in [0.05, 0.1) is 12.5 Å². The molecule has 2 saturated heterocycles. The van der Waals surface area contributed by atoms with Gasteiger partial charge in [0.15, 0.2) is 0 Å². The fourth-order valence-corrected chi connectivity index (χ4v) is 3.75. The molecule has 0 spiro atoms. The molecule has 7 heteroatoms. The van der Waals surface area contributed by atoms with Crippen LogP contribution in [0.3, 0.4) is 0 Å².